The molecule has 4 atom stereocenters. The Labute approximate surface area is 370 Å². The van der Waals surface area contributed by atoms with E-state index < -0.39 is 0 Å². The van der Waals surface area contributed by atoms with Crippen molar-refractivity contribution in [3.8, 4) is 57.5 Å². The van der Waals surface area contributed by atoms with E-state index in [2.05, 4.69) is 79.7 Å². The third-order valence-electron chi connectivity index (χ3n) is 12.3. The van der Waals surface area contributed by atoms with Crippen molar-refractivity contribution in [1.29, 1.82) is 0 Å². The molecule has 340 valence electrons. The number of phenols is 2. The lowest BCUT2D eigenvalue weighted by atomic mass is 9.74. The molecule has 10 heteroatoms. The number of hydrogen-bond acceptors (Lipinski definition) is 10. The second-order valence-corrected chi connectivity index (χ2v) is 18.3. The van der Waals surface area contributed by atoms with Gasteiger partial charge in [-0.1, -0.05) is 55.4 Å². The van der Waals surface area contributed by atoms with Gasteiger partial charge in [0.25, 0.3) is 0 Å². The van der Waals surface area contributed by atoms with Gasteiger partial charge in [0.05, 0.1) is 56.9 Å². The summed E-state index contributed by atoms with van der Waals surface area (Å²) < 4.78 is 49.7. The highest BCUT2D eigenvalue weighted by Gasteiger charge is 2.37. The van der Waals surface area contributed by atoms with E-state index in [-0.39, 0.29) is 58.8 Å². The lowest BCUT2D eigenvalue weighted by molar-refractivity contribution is 0.328. The van der Waals surface area contributed by atoms with E-state index in [1.54, 1.807) is 56.9 Å². The number of fused-ring (bicyclic) bond motifs is 8. The molecule has 0 saturated heterocycles. The first kappa shape index (κ1) is 47.9. The van der Waals surface area contributed by atoms with Crippen LogP contribution >= 0.6 is 0 Å². The molecule has 0 aliphatic heterocycles. The van der Waals surface area contributed by atoms with Crippen LogP contribution in [0.3, 0.4) is 0 Å². The van der Waals surface area contributed by atoms with Crippen molar-refractivity contribution >= 4 is 0 Å². The van der Waals surface area contributed by atoms with Crippen LogP contribution in [-0.2, 0) is 0 Å². The van der Waals surface area contributed by atoms with Crippen LogP contribution in [0.5, 0.6) is 57.5 Å². The topological polar surface area (TPSA) is 114 Å². The van der Waals surface area contributed by atoms with Gasteiger partial charge in [-0.25, -0.2) is 0 Å². The molecule has 0 aromatic heterocycles. The summed E-state index contributed by atoms with van der Waals surface area (Å²) in [5.74, 6) is 3.38. The molecule has 0 spiro atoms. The number of rotatable bonds is 16. The first-order valence-corrected chi connectivity index (χ1v) is 22.0. The Hall–Kier alpha value is -5.12. The molecular weight excluding hydrogens is 785 g/mol. The molecule has 8 bridgehead atoms. The quantitative estimate of drug-likeness (QED) is 0.113. The molecule has 2 N–H and O–H groups in total. The maximum atomic E-state index is 12.4. The predicted molar refractivity (Wildman–Crippen MR) is 247 cm³/mol. The standard InChI is InChI=1S/C52H72O10/c1-27(2)17-31-35-21-36(44(56-10)25-43(35)55-9)32(18-28(3)4)41-24-42(52(62-16)48(54)51(41)61-15)34(20-30(7)8)38-22-37(45(57-11)26-46(38)58-12)33(19-29(5)6)40-23-39(31)49(59-13)47(53)50(40)60-14/h21-34,53-54H,17-20H2,1-16H3/t31-,32+,33+,34-. The van der Waals surface area contributed by atoms with E-state index in [0.29, 0.717) is 71.7 Å². The molecule has 5 rings (SSSR count). The summed E-state index contributed by atoms with van der Waals surface area (Å²) in [7, 11) is 13.1. The average Bonchev–Trinajstić information content (AvgIpc) is 3.23. The fraction of sp³-hybridized carbons (Fsp3) is 0.538. The van der Waals surface area contributed by atoms with Crippen LogP contribution in [0.4, 0.5) is 0 Å². The van der Waals surface area contributed by atoms with Crippen molar-refractivity contribution in [2.45, 2.75) is 105 Å². The zero-order valence-electron chi connectivity index (χ0n) is 40.1. The van der Waals surface area contributed by atoms with Gasteiger partial charge in [0.2, 0.25) is 11.5 Å². The average molecular weight is 857 g/mol. The fourth-order valence-electron chi connectivity index (χ4n) is 9.80. The molecule has 0 saturated carbocycles. The van der Waals surface area contributed by atoms with Gasteiger partial charge in [0, 0.05) is 80.3 Å². The SMILES string of the molecule is COc1cc(OC)c2cc1[C@@H](CC(C)C)c1cc(c(OC)c(O)c1OC)[C@@H](CC(C)C)c1cc(c(OC)cc1OC)[C@@H](CC(C)C)c1cc(c(OC)c(O)c1OC)[C@H]2CC(C)C. The van der Waals surface area contributed by atoms with Crippen molar-refractivity contribution < 1.29 is 48.1 Å². The van der Waals surface area contributed by atoms with Crippen molar-refractivity contribution in [3.63, 3.8) is 0 Å². The number of phenolic OH excluding ortho intramolecular Hbond substituents is 2. The van der Waals surface area contributed by atoms with E-state index in [1.165, 1.54) is 0 Å². The van der Waals surface area contributed by atoms with Gasteiger partial charge in [0.15, 0.2) is 23.0 Å². The van der Waals surface area contributed by atoms with Crippen LogP contribution in [0.1, 0.15) is 149 Å². The zero-order valence-corrected chi connectivity index (χ0v) is 40.1. The number of ether oxygens (including phenoxy) is 8. The molecule has 10 nitrogen and oxygen atoms in total. The Kier molecular flexibility index (Phi) is 15.7. The van der Waals surface area contributed by atoms with Crippen LogP contribution in [0.15, 0.2) is 36.4 Å². The molecule has 0 fully saturated rings. The first-order chi connectivity index (χ1) is 29.5. The molecule has 0 radical (unpaired) electrons. The predicted octanol–water partition coefficient (Wildman–Crippen LogP) is 12.2. The smallest absolute Gasteiger partial charge is 0.201 e. The van der Waals surface area contributed by atoms with Crippen LogP contribution in [0, 0.1) is 23.7 Å². The molecule has 4 aromatic carbocycles. The summed E-state index contributed by atoms with van der Waals surface area (Å²) in [6, 6.07) is 12.6. The minimum absolute atomic E-state index is 0.0678. The molecule has 1 aliphatic carbocycles. The first-order valence-electron chi connectivity index (χ1n) is 22.0. The minimum atomic E-state index is -0.321. The maximum Gasteiger partial charge on any atom is 0.201 e. The van der Waals surface area contributed by atoms with Gasteiger partial charge in [-0.3, -0.25) is 0 Å². The third kappa shape index (κ3) is 9.30. The van der Waals surface area contributed by atoms with Gasteiger partial charge in [-0.2, -0.15) is 0 Å². The van der Waals surface area contributed by atoms with E-state index in [0.717, 1.165) is 44.5 Å². The Morgan fingerprint density at radius 1 is 0.323 bits per heavy atom. The normalized spacial score (nSPS) is 17.4. The zero-order chi connectivity index (χ0) is 45.7. The summed E-state index contributed by atoms with van der Waals surface area (Å²) in [4.78, 5) is 0. The Morgan fingerprint density at radius 3 is 0.677 bits per heavy atom. The fourth-order valence-corrected chi connectivity index (χ4v) is 9.80. The molecule has 1 aliphatic rings. The largest absolute Gasteiger partial charge is 0.502 e. The highest BCUT2D eigenvalue weighted by molar-refractivity contribution is 5.68. The lowest BCUT2D eigenvalue weighted by Gasteiger charge is -2.33. The van der Waals surface area contributed by atoms with Crippen LogP contribution in [0.2, 0.25) is 0 Å². The Bertz CT molecular complexity index is 1880. The summed E-state index contributed by atoms with van der Waals surface area (Å²) in [5, 5.41) is 24.8. The van der Waals surface area contributed by atoms with Gasteiger partial charge in [-0.05, 0) is 73.6 Å². The van der Waals surface area contributed by atoms with Crippen LogP contribution in [0.25, 0.3) is 0 Å². The minimum Gasteiger partial charge on any atom is -0.502 e. The molecule has 0 unspecified atom stereocenters. The van der Waals surface area contributed by atoms with Gasteiger partial charge in [0.1, 0.15) is 23.0 Å². The van der Waals surface area contributed by atoms with E-state index in [1.807, 2.05) is 12.1 Å². The van der Waals surface area contributed by atoms with Crippen LogP contribution in [-0.4, -0.2) is 67.1 Å². The maximum absolute atomic E-state index is 12.4. The molecule has 0 amide bonds. The van der Waals surface area contributed by atoms with Crippen LogP contribution < -0.4 is 37.9 Å². The number of hydrogen-bond donors (Lipinski definition) is 2. The van der Waals surface area contributed by atoms with Gasteiger partial charge >= 0.3 is 0 Å². The van der Waals surface area contributed by atoms with Crippen molar-refractivity contribution in [2.75, 3.05) is 56.9 Å². The Morgan fingerprint density at radius 2 is 0.516 bits per heavy atom. The highest BCUT2D eigenvalue weighted by Crippen LogP contribution is 2.57. The summed E-state index contributed by atoms with van der Waals surface area (Å²) >= 11 is 0. The molecular formula is C52H72O10. The lowest BCUT2D eigenvalue weighted by Crippen LogP contribution is -2.17. The van der Waals surface area contributed by atoms with Crippen molar-refractivity contribution in [3.05, 3.63) is 80.9 Å². The third-order valence-corrected chi connectivity index (χ3v) is 12.3. The second-order valence-electron chi connectivity index (χ2n) is 18.3. The highest BCUT2D eigenvalue weighted by atomic mass is 16.5. The number of aromatic hydroxyl groups is 2. The Balaban J connectivity index is 2.17. The number of methoxy groups -OCH3 is 8. The summed E-state index contributed by atoms with van der Waals surface area (Å²) in [6.07, 6.45) is 2.77. The van der Waals surface area contributed by atoms with E-state index in [4.69, 9.17) is 37.9 Å². The number of benzene rings is 4. The second kappa shape index (κ2) is 20.4. The van der Waals surface area contributed by atoms with Gasteiger partial charge in [-0.15, -0.1) is 0 Å². The van der Waals surface area contributed by atoms with Crippen molar-refractivity contribution in [1.82, 2.24) is 0 Å². The molecule has 0 heterocycles. The summed E-state index contributed by atoms with van der Waals surface area (Å²) in [5.41, 5.74) is 6.85. The van der Waals surface area contributed by atoms with E-state index in [9.17, 15) is 10.2 Å². The molecule has 62 heavy (non-hydrogen) atoms. The van der Waals surface area contributed by atoms with E-state index >= 15 is 0 Å². The molecule has 4 aromatic rings. The van der Waals surface area contributed by atoms with Crippen molar-refractivity contribution in [2.24, 2.45) is 23.7 Å². The summed E-state index contributed by atoms with van der Waals surface area (Å²) in [6.45, 7) is 17.6. The monoisotopic (exact) mass is 857 g/mol. The van der Waals surface area contributed by atoms with Gasteiger partial charge < -0.3 is 48.1 Å².